The summed E-state index contributed by atoms with van der Waals surface area (Å²) >= 11 is 6.29. The van der Waals surface area contributed by atoms with Crippen LogP contribution in [0.2, 0.25) is 5.02 Å². The largest absolute Gasteiger partial charge is 0.378 e. The first-order chi connectivity index (χ1) is 18.1. The molecule has 2 aromatic heterocycles. The third kappa shape index (κ3) is 5.41. The summed E-state index contributed by atoms with van der Waals surface area (Å²) in [6.07, 6.45) is 3.76. The highest BCUT2D eigenvalue weighted by Crippen LogP contribution is 2.32. The first kappa shape index (κ1) is 26.5. The summed E-state index contributed by atoms with van der Waals surface area (Å²) in [6, 6.07) is 9.42. The fraction of sp³-hybridized carbons (Fsp3) is 0.167. The monoisotopic (exact) mass is 553 g/mol. The van der Waals surface area contributed by atoms with E-state index in [2.05, 4.69) is 25.7 Å². The van der Waals surface area contributed by atoms with E-state index in [9.17, 15) is 23.3 Å². The number of aromatic nitrogens is 2. The number of nitrogens with one attached hydrogen (secondary N) is 2. The van der Waals surface area contributed by atoms with Crippen LogP contribution in [0.1, 0.15) is 27.9 Å². The molecule has 0 fully saturated rings. The van der Waals surface area contributed by atoms with E-state index in [0.717, 1.165) is 5.01 Å². The van der Waals surface area contributed by atoms with E-state index in [1.807, 2.05) is 6.07 Å². The van der Waals surface area contributed by atoms with Gasteiger partial charge in [0.05, 0.1) is 27.9 Å². The molecule has 3 heterocycles. The molecule has 3 aromatic rings. The van der Waals surface area contributed by atoms with Crippen molar-refractivity contribution < 1.29 is 22.2 Å². The van der Waals surface area contributed by atoms with Gasteiger partial charge in [0.2, 0.25) is 5.91 Å². The van der Waals surface area contributed by atoms with E-state index in [1.165, 1.54) is 56.0 Å². The summed E-state index contributed by atoms with van der Waals surface area (Å²) in [6.45, 7) is 1.62. The molecule has 0 saturated carbocycles. The molecular weight excluding hydrogens is 534 g/mol. The van der Waals surface area contributed by atoms with Crippen LogP contribution in [-0.4, -0.2) is 48.3 Å². The molecule has 38 heavy (non-hydrogen) atoms. The Labute approximate surface area is 223 Å². The molecule has 2 amide bonds. The van der Waals surface area contributed by atoms with Crippen molar-refractivity contribution in [3.05, 3.63) is 76.7 Å². The molecule has 0 spiro atoms. The Kier molecular flexibility index (Phi) is 7.56. The van der Waals surface area contributed by atoms with E-state index in [1.54, 1.807) is 13.0 Å². The van der Waals surface area contributed by atoms with Crippen molar-refractivity contribution in [2.45, 2.75) is 19.4 Å². The van der Waals surface area contributed by atoms with Gasteiger partial charge in [-0.25, -0.2) is 9.99 Å². The second kappa shape index (κ2) is 10.8. The number of amides is 2. The predicted molar refractivity (Wildman–Crippen MR) is 139 cm³/mol. The Balaban J connectivity index is 1.71. The second-order valence-corrected chi connectivity index (χ2v) is 9.94. The predicted octanol–water partition coefficient (Wildman–Crippen LogP) is 2.61. The van der Waals surface area contributed by atoms with E-state index in [0.29, 0.717) is 5.56 Å². The molecule has 4 rings (SSSR count). The highest BCUT2D eigenvalue weighted by Gasteiger charge is 2.41. The highest BCUT2D eigenvalue weighted by molar-refractivity contribution is 8.02. The van der Waals surface area contributed by atoms with E-state index in [-0.39, 0.29) is 39.8 Å². The van der Waals surface area contributed by atoms with Crippen LogP contribution >= 0.6 is 11.6 Å². The van der Waals surface area contributed by atoms with Gasteiger partial charge >= 0.3 is 10.1 Å². The van der Waals surface area contributed by atoms with Crippen molar-refractivity contribution in [2.24, 2.45) is 5.10 Å². The maximum absolute atomic E-state index is 13.6. The Morgan fingerprint density at radius 3 is 2.61 bits per heavy atom. The maximum atomic E-state index is 13.6. The molecule has 1 aliphatic heterocycles. The molecule has 1 unspecified atom stereocenters. The van der Waals surface area contributed by atoms with Gasteiger partial charge in [-0.1, -0.05) is 11.6 Å². The van der Waals surface area contributed by atoms with Crippen LogP contribution in [0.3, 0.4) is 0 Å². The number of hydrogen-bond donors (Lipinski definition) is 2. The number of rotatable bonds is 6. The minimum Gasteiger partial charge on any atom is -0.378 e. The Morgan fingerprint density at radius 2 is 1.95 bits per heavy atom. The lowest BCUT2D eigenvalue weighted by Crippen LogP contribution is -2.40. The number of hydrazone groups is 1. The van der Waals surface area contributed by atoms with Crippen LogP contribution in [0.5, 0.6) is 5.75 Å². The third-order valence-electron chi connectivity index (χ3n) is 5.47. The molecule has 0 bridgehead atoms. The van der Waals surface area contributed by atoms with Gasteiger partial charge in [0.1, 0.15) is 11.8 Å². The number of benzene rings is 1. The zero-order valence-electron chi connectivity index (χ0n) is 20.0. The average Bonchev–Trinajstić information content (AvgIpc) is 3.36. The summed E-state index contributed by atoms with van der Waals surface area (Å²) in [7, 11) is -3.00. The van der Waals surface area contributed by atoms with E-state index in [4.69, 9.17) is 15.8 Å². The van der Waals surface area contributed by atoms with Gasteiger partial charge in [-0.05, 0) is 36.8 Å². The summed E-state index contributed by atoms with van der Waals surface area (Å²) in [5.41, 5.74) is 0.899. The van der Waals surface area contributed by atoms with Crippen molar-refractivity contribution in [3.63, 3.8) is 0 Å². The van der Waals surface area contributed by atoms with Gasteiger partial charge in [0.15, 0.2) is 10.9 Å². The van der Waals surface area contributed by atoms with Crippen molar-refractivity contribution >= 4 is 50.1 Å². The zero-order chi connectivity index (χ0) is 27.4. The molecule has 12 nitrogen and oxygen atoms in total. The standard InChI is InChI=1S/C24H20ClN7O5S/c1-14-10-15(13-26)11-17(23(33)27-2)21(14)30-24(34)19-12-20(31-32(19)22-18(25)4-3-7-29-22)38(35,36)37-16-5-8-28-9-6-16/h3-11,19H,12H2,1-2H3,(H,27,33)(H,30,34). The van der Waals surface area contributed by atoms with E-state index < -0.39 is 33.0 Å². The number of anilines is 2. The lowest BCUT2D eigenvalue weighted by Gasteiger charge is -2.23. The number of aryl methyl sites for hydroxylation is 1. The van der Waals surface area contributed by atoms with Crippen molar-refractivity contribution in [3.8, 4) is 11.8 Å². The summed E-state index contributed by atoms with van der Waals surface area (Å²) in [5, 5.41) is 19.4. The summed E-state index contributed by atoms with van der Waals surface area (Å²) in [4.78, 5) is 34.1. The second-order valence-electron chi connectivity index (χ2n) is 7.98. The quantitative estimate of drug-likeness (QED) is 0.436. The fourth-order valence-electron chi connectivity index (χ4n) is 3.69. The molecule has 0 radical (unpaired) electrons. The molecule has 1 atom stereocenters. The highest BCUT2D eigenvalue weighted by atomic mass is 35.5. The average molecular weight is 554 g/mol. The van der Waals surface area contributed by atoms with Crippen LogP contribution in [0, 0.1) is 18.3 Å². The van der Waals surface area contributed by atoms with Crippen molar-refractivity contribution in [1.82, 2.24) is 15.3 Å². The maximum Gasteiger partial charge on any atom is 0.354 e. The van der Waals surface area contributed by atoms with Gasteiger partial charge in [-0.2, -0.15) is 18.8 Å². The molecule has 0 aliphatic carbocycles. The number of carbonyl (C=O) groups excluding carboxylic acids is 2. The molecular formula is C24H20ClN7O5S. The van der Waals surface area contributed by atoms with Gasteiger partial charge in [0, 0.05) is 44.2 Å². The molecule has 2 N–H and O–H groups in total. The first-order valence-electron chi connectivity index (χ1n) is 11.0. The number of hydrogen-bond acceptors (Lipinski definition) is 10. The molecule has 194 valence electrons. The molecule has 14 heteroatoms. The van der Waals surface area contributed by atoms with Gasteiger partial charge in [0.25, 0.3) is 5.91 Å². The lowest BCUT2D eigenvalue weighted by atomic mass is 10.0. The van der Waals surface area contributed by atoms with Crippen molar-refractivity contribution in [2.75, 3.05) is 17.4 Å². The lowest BCUT2D eigenvalue weighted by molar-refractivity contribution is -0.117. The molecule has 0 saturated heterocycles. The number of halogens is 1. The fourth-order valence-corrected chi connectivity index (χ4v) is 4.90. The minimum atomic E-state index is -4.42. The van der Waals surface area contributed by atoms with Crippen LogP contribution < -0.4 is 19.8 Å². The topological polar surface area (TPSA) is 167 Å². The van der Waals surface area contributed by atoms with Crippen molar-refractivity contribution in [1.29, 1.82) is 5.26 Å². The Morgan fingerprint density at radius 1 is 1.21 bits per heavy atom. The number of nitriles is 1. The Hall–Kier alpha value is -4.54. The molecule has 1 aromatic carbocycles. The zero-order valence-corrected chi connectivity index (χ0v) is 21.6. The van der Waals surface area contributed by atoms with Crippen LogP contribution in [0.25, 0.3) is 0 Å². The van der Waals surface area contributed by atoms with Crippen LogP contribution in [0.4, 0.5) is 11.5 Å². The number of carbonyl (C=O) groups is 2. The Bertz CT molecular complexity index is 1590. The smallest absolute Gasteiger partial charge is 0.354 e. The van der Waals surface area contributed by atoms with Gasteiger partial charge in [-0.15, -0.1) is 0 Å². The minimum absolute atomic E-state index is 0.0152. The van der Waals surface area contributed by atoms with Gasteiger partial charge < -0.3 is 14.8 Å². The molecule has 1 aliphatic rings. The third-order valence-corrected chi connectivity index (χ3v) is 7.00. The summed E-state index contributed by atoms with van der Waals surface area (Å²) in [5.74, 6) is -1.16. The summed E-state index contributed by atoms with van der Waals surface area (Å²) < 4.78 is 31.2. The van der Waals surface area contributed by atoms with Crippen LogP contribution in [-0.2, 0) is 14.9 Å². The number of nitrogens with zero attached hydrogens (tertiary/aromatic N) is 5. The van der Waals surface area contributed by atoms with E-state index >= 15 is 0 Å². The van der Waals surface area contributed by atoms with Crippen LogP contribution in [0.15, 0.2) is 60.1 Å². The number of pyridine rings is 2. The normalized spacial score (nSPS) is 14.8. The SMILES string of the molecule is CNC(=O)c1cc(C#N)cc(C)c1NC(=O)C1CC(S(=O)(=O)Oc2ccncc2)=NN1c1ncccc1Cl. The van der Waals surface area contributed by atoms with Gasteiger partial charge in [-0.3, -0.25) is 14.6 Å². The first-order valence-corrected chi connectivity index (χ1v) is 12.8.